The first-order chi connectivity index (χ1) is 8.32. The number of amides is 1. The maximum atomic E-state index is 13.0. The van der Waals surface area contributed by atoms with Crippen LogP contribution in [0.15, 0.2) is 18.2 Å². The minimum Gasteiger partial charge on any atom is -0.507 e. The summed E-state index contributed by atoms with van der Waals surface area (Å²) in [5.74, 6) is -1.37. The third kappa shape index (κ3) is 2.06. The summed E-state index contributed by atoms with van der Waals surface area (Å²) in [6.45, 7) is 3.69. The van der Waals surface area contributed by atoms with Crippen molar-refractivity contribution in [2.24, 2.45) is 5.41 Å². The van der Waals surface area contributed by atoms with Crippen LogP contribution in [0, 0.1) is 11.2 Å². The number of carbonyl (C=O) groups is 1. The molecule has 0 saturated heterocycles. The largest absolute Gasteiger partial charge is 0.507 e. The van der Waals surface area contributed by atoms with Gasteiger partial charge in [-0.1, -0.05) is 13.8 Å². The maximum Gasteiger partial charge on any atom is 0.255 e. The minimum atomic E-state index is -0.578. The number of benzene rings is 1. The second-order valence-corrected chi connectivity index (χ2v) is 5.26. The molecule has 2 rings (SSSR count). The molecule has 98 valence electrons. The van der Waals surface area contributed by atoms with E-state index < -0.39 is 23.2 Å². The summed E-state index contributed by atoms with van der Waals surface area (Å²) < 4.78 is 13.0. The van der Waals surface area contributed by atoms with E-state index in [1.54, 1.807) is 0 Å². The van der Waals surface area contributed by atoms with Gasteiger partial charge < -0.3 is 15.5 Å². The van der Waals surface area contributed by atoms with Crippen LogP contribution in [0.4, 0.5) is 4.39 Å². The normalized spacial score (nSPS) is 25.3. The first-order valence-electron chi connectivity index (χ1n) is 5.80. The van der Waals surface area contributed by atoms with Gasteiger partial charge in [-0.05, 0) is 24.6 Å². The fraction of sp³-hybridized carbons (Fsp3) is 0.462. The summed E-state index contributed by atoms with van der Waals surface area (Å²) in [6, 6.07) is 3.05. The predicted molar refractivity (Wildman–Crippen MR) is 63.7 cm³/mol. The van der Waals surface area contributed by atoms with E-state index >= 15 is 0 Å². The van der Waals surface area contributed by atoms with E-state index in [1.807, 2.05) is 13.8 Å². The van der Waals surface area contributed by atoms with Crippen molar-refractivity contribution in [3.8, 4) is 5.75 Å². The van der Waals surface area contributed by atoms with Gasteiger partial charge in [0, 0.05) is 11.5 Å². The highest BCUT2D eigenvalue weighted by molar-refractivity contribution is 5.97. The molecule has 1 fully saturated rings. The van der Waals surface area contributed by atoms with Crippen molar-refractivity contribution in [3.05, 3.63) is 29.6 Å². The Labute approximate surface area is 104 Å². The van der Waals surface area contributed by atoms with Crippen molar-refractivity contribution >= 4 is 5.91 Å². The Hall–Kier alpha value is -1.62. The summed E-state index contributed by atoms with van der Waals surface area (Å²) in [6.07, 6.45) is 0.0124. The predicted octanol–water partition coefficient (Wildman–Crippen LogP) is 1.42. The number of hydrogen-bond donors (Lipinski definition) is 3. The molecule has 2 unspecified atom stereocenters. The highest BCUT2D eigenvalue weighted by atomic mass is 19.1. The summed E-state index contributed by atoms with van der Waals surface area (Å²) in [4.78, 5) is 11.9. The van der Waals surface area contributed by atoms with E-state index in [9.17, 15) is 19.4 Å². The SMILES string of the molecule is CC1(C)C(O)CC1NC(=O)c1cc(F)ccc1O. The van der Waals surface area contributed by atoms with Crippen molar-refractivity contribution in [2.45, 2.75) is 32.4 Å². The Morgan fingerprint density at radius 2 is 2.17 bits per heavy atom. The van der Waals surface area contributed by atoms with E-state index in [0.717, 1.165) is 18.2 Å². The second kappa shape index (κ2) is 4.24. The molecule has 0 radical (unpaired) electrons. The molecule has 1 aliphatic rings. The number of aromatic hydroxyl groups is 1. The topological polar surface area (TPSA) is 69.6 Å². The van der Waals surface area contributed by atoms with Crippen molar-refractivity contribution in [1.29, 1.82) is 0 Å². The average Bonchev–Trinajstić information content (AvgIpc) is 2.31. The number of phenols is 1. The van der Waals surface area contributed by atoms with E-state index in [1.165, 1.54) is 0 Å². The lowest BCUT2D eigenvalue weighted by molar-refractivity contribution is -0.0689. The lowest BCUT2D eigenvalue weighted by Gasteiger charge is -2.49. The molecule has 1 aromatic carbocycles. The number of carbonyl (C=O) groups excluding carboxylic acids is 1. The number of hydrogen-bond acceptors (Lipinski definition) is 3. The molecule has 1 aromatic rings. The van der Waals surface area contributed by atoms with E-state index in [2.05, 4.69) is 5.32 Å². The highest BCUT2D eigenvalue weighted by Crippen LogP contribution is 2.40. The van der Waals surface area contributed by atoms with Crippen LogP contribution in [0.5, 0.6) is 5.75 Å². The zero-order valence-electron chi connectivity index (χ0n) is 10.3. The number of aliphatic hydroxyl groups is 1. The third-order valence-corrected chi connectivity index (χ3v) is 3.72. The molecule has 0 aromatic heterocycles. The third-order valence-electron chi connectivity index (χ3n) is 3.72. The minimum absolute atomic E-state index is 0.0906. The van der Waals surface area contributed by atoms with Gasteiger partial charge >= 0.3 is 0 Å². The number of rotatable bonds is 2. The summed E-state index contributed by atoms with van der Waals surface area (Å²) >= 11 is 0. The van der Waals surface area contributed by atoms with Gasteiger partial charge in [0.2, 0.25) is 0 Å². The number of halogens is 1. The summed E-state index contributed by atoms with van der Waals surface area (Å²) in [7, 11) is 0. The Balaban J connectivity index is 2.12. The molecular formula is C13H16FNO3. The first-order valence-corrected chi connectivity index (χ1v) is 5.80. The molecule has 1 amide bonds. The molecule has 2 atom stereocenters. The zero-order chi connectivity index (χ0) is 13.5. The average molecular weight is 253 g/mol. The van der Waals surface area contributed by atoms with Gasteiger partial charge in [-0.3, -0.25) is 4.79 Å². The number of aliphatic hydroxyl groups excluding tert-OH is 1. The smallest absolute Gasteiger partial charge is 0.255 e. The number of phenolic OH excluding ortho intramolecular Hbond substituents is 1. The van der Waals surface area contributed by atoms with Gasteiger partial charge in [0.05, 0.1) is 11.7 Å². The Morgan fingerprint density at radius 3 is 2.72 bits per heavy atom. The monoisotopic (exact) mass is 253 g/mol. The molecule has 0 spiro atoms. The Bertz CT molecular complexity index is 487. The Morgan fingerprint density at radius 1 is 1.50 bits per heavy atom. The van der Waals surface area contributed by atoms with Crippen molar-refractivity contribution in [2.75, 3.05) is 0 Å². The van der Waals surface area contributed by atoms with Crippen LogP contribution in [-0.4, -0.2) is 28.3 Å². The van der Waals surface area contributed by atoms with Crippen LogP contribution in [0.25, 0.3) is 0 Å². The van der Waals surface area contributed by atoms with Gasteiger partial charge in [0.25, 0.3) is 5.91 Å². The van der Waals surface area contributed by atoms with E-state index in [4.69, 9.17) is 0 Å². The van der Waals surface area contributed by atoms with Crippen LogP contribution in [-0.2, 0) is 0 Å². The van der Waals surface area contributed by atoms with Gasteiger partial charge in [-0.2, -0.15) is 0 Å². The molecular weight excluding hydrogens is 237 g/mol. The molecule has 0 aliphatic heterocycles. The molecule has 0 heterocycles. The van der Waals surface area contributed by atoms with Crippen LogP contribution in [0.2, 0.25) is 0 Å². The van der Waals surface area contributed by atoms with Crippen molar-refractivity contribution in [1.82, 2.24) is 5.32 Å². The highest BCUT2D eigenvalue weighted by Gasteiger charge is 2.48. The summed E-state index contributed by atoms with van der Waals surface area (Å²) in [5, 5.41) is 21.8. The van der Waals surface area contributed by atoms with Crippen molar-refractivity contribution < 1.29 is 19.4 Å². The molecule has 3 N–H and O–H groups in total. The van der Waals surface area contributed by atoms with E-state index in [0.29, 0.717) is 6.42 Å². The van der Waals surface area contributed by atoms with E-state index in [-0.39, 0.29) is 17.4 Å². The molecule has 5 heteroatoms. The van der Waals surface area contributed by atoms with Crippen LogP contribution in [0.1, 0.15) is 30.6 Å². The van der Waals surface area contributed by atoms with Crippen LogP contribution >= 0.6 is 0 Å². The molecule has 1 aliphatic carbocycles. The lowest BCUT2D eigenvalue weighted by Crippen LogP contribution is -2.61. The second-order valence-electron chi connectivity index (χ2n) is 5.26. The van der Waals surface area contributed by atoms with Crippen LogP contribution in [0.3, 0.4) is 0 Å². The molecule has 0 bridgehead atoms. The maximum absolute atomic E-state index is 13.0. The summed E-state index contributed by atoms with van der Waals surface area (Å²) in [5.41, 5.74) is -0.495. The van der Waals surface area contributed by atoms with Gasteiger partial charge in [-0.25, -0.2) is 4.39 Å². The quantitative estimate of drug-likeness (QED) is 0.746. The molecule has 4 nitrogen and oxygen atoms in total. The van der Waals surface area contributed by atoms with Gasteiger partial charge in [-0.15, -0.1) is 0 Å². The lowest BCUT2D eigenvalue weighted by atomic mass is 9.64. The fourth-order valence-corrected chi connectivity index (χ4v) is 2.07. The molecule has 1 saturated carbocycles. The van der Waals surface area contributed by atoms with Crippen molar-refractivity contribution in [3.63, 3.8) is 0 Å². The molecule has 18 heavy (non-hydrogen) atoms. The zero-order valence-corrected chi connectivity index (χ0v) is 10.3. The standard InChI is InChI=1S/C13H16FNO3/c1-13(2)10(6-11(13)17)15-12(18)8-5-7(14)3-4-9(8)16/h3-5,10-11,16-17H,6H2,1-2H3,(H,15,18). The Kier molecular flexibility index (Phi) is 3.02. The number of nitrogens with one attached hydrogen (secondary N) is 1. The van der Waals surface area contributed by atoms with Gasteiger partial charge in [0.1, 0.15) is 11.6 Å². The fourth-order valence-electron chi connectivity index (χ4n) is 2.07. The van der Waals surface area contributed by atoms with Gasteiger partial charge in [0.15, 0.2) is 0 Å². The van der Waals surface area contributed by atoms with Crippen LogP contribution < -0.4 is 5.32 Å². The first kappa shape index (κ1) is 12.8.